The van der Waals surface area contributed by atoms with Gasteiger partial charge in [-0.25, -0.2) is 4.98 Å². The number of fused-ring (bicyclic) bond motifs is 3. The van der Waals surface area contributed by atoms with Crippen molar-refractivity contribution in [1.82, 2.24) is 9.97 Å². The van der Waals surface area contributed by atoms with Crippen molar-refractivity contribution in [1.29, 1.82) is 0 Å². The summed E-state index contributed by atoms with van der Waals surface area (Å²) in [6, 6.07) is 11.8. The lowest BCUT2D eigenvalue weighted by Gasteiger charge is -2.22. The Morgan fingerprint density at radius 2 is 2.12 bits per heavy atom. The SMILES string of the molecule is COc1ccc(CC(=O)C2CCCc3[nH]c4ncccc4c32)cc1. The molecule has 0 bridgehead atoms. The Balaban J connectivity index is 1.64. The first kappa shape index (κ1) is 14.9. The number of nitrogens with zero attached hydrogens (tertiary/aromatic N) is 1. The Morgan fingerprint density at radius 3 is 2.92 bits per heavy atom. The van der Waals surface area contributed by atoms with E-state index in [-0.39, 0.29) is 11.7 Å². The van der Waals surface area contributed by atoms with Crippen molar-refractivity contribution in [3.8, 4) is 5.75 Å². The lowest BCUT2D eigenvalue weighted by Crippen LogP contribution is -2.19. The standard InChI is InChI=1S/C20H20N2O2/c1-24-14-9-7-13(8-10-14)12-18(23)15-4-2-6-17-19(15)16-5-3-11-21-20(16)22-17/h3,5,7-11,15H,2,4,6,12H2,1H3,(H,21,22). The smallest absolute Gasteiger partial charge is 0.144 e. The summed E-state index contributed by atoms with van der Waals surface area (Å²) in [5, 5.41) is 1.10. The van der Waals surface area contributed by atoms with Crippen molar-refractivity contribution in [2.24, 2.45) is 0 Å². The normalized spacial score (nSPS) is 16.8. The lowest BCUT2D eigenvalue weighted by atomic mass is 9.81. The van der Waals surface area contributed by atoms with E-state index in [4.69, 9.17) is 4.74 Å². The number of methoxy groups -OCH3 is 1. The predicted molar refractivity (Wildman–Crippen MR) is 93.5 cm³/mol. The number of ether oxygens (including phenoxy) is 1. The topological polar surface area (TPSA) is 55.0 Å². The Labute approximate surface area is 140 Å². The van der Waals surface area contributed by atoms with E-state index in [0.29, 0.717) is 6.42 Å². The van der Waals surface area contributed by atoms with Crippen molar-refractivity contribution < 1.29 is 9.53 Å². The number of pyridine rings is 1. The van der Waals surface area contributed by atoms with E-state index in [0.717, 1.165) is 41.6 Å². The summed E-state index contributed by atoms with van der Waals surface area (Å²) >= 11 is 0. The fraction of sp³-hybridized carbons (Fsp3) is 0.300. The Morgan fingerprint density at radius 1 is 1.29 bits per heavy atom. The van der Waals surface area contributed by atoms with Gasteiger partial charge in [0.1, 0.15) is 17.2 Å². The molecule has 0 saturated heterocycles. The summed E-state index contributed by atoms with van der Waals surface area (Å²) in [5.41, 5.74) is 4.28. The van der Waals surface area contributed by atoms with Gasteiger partial charge >= 0.3 is 0 Å². The fourth-order valence-electron chi connectivity index (χ4n) is 3.71. The summed E-state index contributed by atoms with van der Waals surface area (Å²) in [4.78, 5) is 20.8. The molecule has 122 valence electrons. The molecule has 1 aromatic carbocycles. The largest absolute Gasteiger partial charge is 0.497 e. The molecule has 4 nitrogen and oxygen atoms in total. The van der Waals surface area contributed by atoms with Crippen LogP contribution in [0.3, 0.4) is 0 Å². The Kier molecular flexibility index (Phi) is 3.81. The van der Waals surface area contributed by atoms with Crippen LogP contribution in [0, 0.1) is 0 Å². The number of H-pyrrole nitrogens is 1. The molecule has 0 saturated carbocycles. The number of carbonyl (C=O) groups is 1. The van der Waals surface area contributed by atoms with Crippen molar-refractivity contribution in [3.63, 3.8) is 0 Å². The van der Waals surface area contributed by atoms with Crippen molar-refractivity contribution in [3.05, 3.63) is 59.4 Å². The van der Waals surface area contributed by atoms with Gasteiger partial charge < -0.3 is 9.72 Å². The van der Waals surface area contributed by atoms with Gasteiger partial charge in [-0.3, -0.25) is 4.79 Å². The molecular weight excluding hydrogens is 300 g/mol. The molecule has 0 aliphatic heterocycles. The molecule has 0 spiro atoms. The highest BCUT2D eigenvalue weighted by molar-refractivity contribution is 5.94. The first-order chi connectivity index (χ1) is 11.8. The van der Waals surface area contributed by atoms with Crippen LogP contribution in [0.15, 0.2) is 42.6 Å². The van der Waals surface area contributed by atoms with E-state index >= 15 is 0 Å². The first-order valence-electron chi connectivity index (χ1n) is 8.37. The number of benzene rings is 1. The second-order valence-electron chi connectivity index (χ2n) is 6.35. The molecule has 1 atom stereocenters. The third kappa shape index (κ3) is 2.58. The quantitative estimate of drug-likeness (QED) is 0.795. The van der Waals surface area contributed by atoms with E-state index in [1.54, 1.807) is 13.3 Å². The van der Waals surface area contributed by atoms with Gasteiger partial charge in [0.15, 0.2) is 0 Å². The third-order valence-corrected chi connectivity index (χ3v) is 4.89. The van der Waals surface area contributed by atoms with E-state index < -0.39 is 0 Å². The zero-order chi connectivity index (χ0) is 16.5. The highest BCUT2D eigenvalue weighted by Crippen LogP contribution is 2.37. The summed E-state index contributed by atoms with van der Waals surface area (Å²) in [6.45, 7) is 0. The average Bonchev–Trinajstić information content (AvgIpc) is 3.01. The molecule has 4 rings (SSSR count). The molecule has 0 radical (unpaired) electrons. The van der Waals surface area contributed by atoms with Crippen molar-refractivity contribution >= 4 is 16.8 Å². The van der Waals surface area contributed by atoms with Gasteiger partial charge in [0.2, 0.25) is 0 Å². The van der Waals surface area contributed by atoms with E-state index in [1.165, 1.54) is 11.3 Å². The minimum Gasteiger partial charge on any atom is -0.497 e. The number of carbonyl (C=O) groups excluding carboxylic acids is 1. The van der Waals surface area contributed by atoms with Gasteiger partial charge in [-0.1, -0.05) is 12.1 Å². The molecule has 1 unspecified atom stereocenters. The molecule has 2 aromatic heterocycles. The van der Waals surface area contributed by atoms with Gasteiger partial charge in [0.25, 0.3) is 0 Å². The average molecular weight is 320 g/mol. The molecule has 1 aliphatic carbocycles. The number of nitrogens with one attached hydrogen (secondary N) is 1. The highest BCUT2D eigenvalue weighted by atomic mass is 16.5. The van der Waals surface area contributed by atoms with Crippen molar-refractivity contribution in [2.75, 3.05) is 7.11 Å². The zero-order valence-corrected chi connectivity index (χ0v) is 13.7. The summed E-state index contributed by atoms with van der Waals surface area (Å²) in [5.74, 6) is 1.06. The molecule has 0 fully saturated rings. The summed E-state index contributed by atoms with van der Waals surface area (Å²) in [7, 11) is 1.65. The molecule has 1 N–H and O–H groups in total. The molecular formula is C20H20N2O2. The summed E-state index contributed by atoms with van der Waals surface area (Å²) < 4.78 is 5.18. The first-order valence-corrected chi connectivity index (χ1v) is 8.37. The maximum Gasteiger partial charge on any atom is 0.144 e. The van der Waals surface area contributed by atoms with Crippen LogP contribution in [-0.2, 0) is 17.6 Å². The summed E-state index contributed by atoms with van der Waals surface area (Å²) in [6.07, 6.45) is 5.21. The van der Waals surface area contributed by atoms with Crippen LogP contribution in [0.2, 0.25) is 0 Å². The second-order valence-corrected chi connectivity index (χ2v) is 6.35. The van der Waals surface area contributed by atoms with Crippen LogP contribution in [0.4, 0.5) is 0 Å². The van der Waals surface area contributed by atoms with Gasteiger partial charge in [0.05, 0.1) is 7.11 Å². The van der Waals surface area contributed by atoms with Crippen LogP contribution >= 0.6 is 0 Å². The van der Waals surface area contributed by atoms with Crippen molar-refractivity contribution in [2.45, 2.75) is 31.6 Å². The zero-order valence-electron chi connectivity index (χ0n) is 13.7. The van der Waals surface area contributed by atoms with Gasteiger partial charge in [-0.15, -0.1) is 0 Å². The molecule has 24 heavy (non-hydrogen) atoms. The Bertz CT molecular complexity index is 880. The fourth-order valence-corrected chi connectivity index (χ4v) is 3.71. The monoisotopic (exact) mass is 320 g/mol. The maximum absolute atomic E-state index is 13.0. The van der Waals surface area contributed by atoms with Crippen LogP contribution in [0.5, 0.6) is 5.75 Å². The number of rotatable bonds is 4. The molecule has 3 aromatic rings. The molecule has 4 heteroatoms. The van der Waals surface area contributed by atoms with E-state index in [2.05, 4.69) is 16.0 Å². The molecule has 1 aliphatic rings. The van der Waals surface area contributed by atoms with Crippen LogP contribution < -0.4 is 4.74 Å². The highest BCUT2D eigenvalue weighted by Gasteiger charge is 2.29. The van der Waals surface area contributed by atoms with E-state index in [1.807, 2.05) is 30.3 Å². The number of aromatic nitrogens is 2. The van der Waals surface area contributed by atoms with Crippen LogP contribution in [-0.4, -0.2) is 22.9 Å². The Hall–Kier alpha value is -2.62. The maximum atomic E-state index is 13.0. The third-order valence-electron chi connectivity index (χ3n) is 4.89. The predicted octanol–water partition coefficient (Wildman–Crippen LogP) is 3.80. The number of aryl methyl sites for hydroxylation is 1. The minimum absolute atomic E-state index is 0.0335. The van der Waals surface area contributed by atoms with Gasteiger partial charge in [-0.2, -0.15) is 0 Å². The molecule has 2 heterocycles. The van der Waals surface area contributed by atoms with Crippen LogP contribution in [0.25, 0.3) is 11.0 Å². The minimum atomic E-state index is -0.0335. The number of ketones is 1. The number of hydrogen-bond acceptors (Lipinski definition) is 3. The van der Waals surface area contributed by atoms with Gasteiger partial charge in [-0.05, 0) is 54.7 Å². The molecule has 0 amide bonds. The number of hydrogen-bond donors (Lipinski definition) is 1. The van der Waals surface area contributed by atoms with Crippen LogP contribution in [0.1, 0.15) is 35.6 Å². The van der Waals surface area contributed by atoms with E-state index in [9.17, 15) is 4.79 Å². The lowest BCUT2D eigenvalue weighted by molar-refractivity contribution is -0.120. The second kappa shape index (κ2) is 6.11. The van der Waals surface area contributed by atoms with Gasteiger partial charge in [0, 0.05) is 29.6 Å². The number of Topliss-reactive ketones (excluding diaryl/α,β-unsaturated/α-hetero) is 1. The number of aromatic amines is 1.